The molecule has 2 N–H and O–H groups in total. The molecular formula is C54H86N2O7SSi. The number of alkyl carbamates (subject to hydrolysis) is 1. The van der Waals surface area contributed by atoms with E-state index in [-0.39, 0.29) is 40.9 Å². The number of unbranched alkanes of at least 4 members (excludes halogenated alkanes) is 2. The van der Waals surface area contributed by atoms with E-state index in [2.05, 4.69) is 129 Å². The van der Waals surface area contributed by atoms with E-state index in [0.29, 0.717) is 23.5 Å². The standard InChI is InChI=1S/C54H86N2O7SSi/c1-19-21-22-23-24-25-28-42(9)50(60-16)44(11)47(63-65(17,18)54(12,13)14)31-30-39(6)33-40(7)34-43(10)46(57)35-38(5)27-26-29-49(58)62-51(41(8)20-2)45-36-64-52(56-45)48(32-37(3)4)61-53(59)55-15/h19-20,24-26,28-31,33-37,41,43-44,46-48,50-51,57H,1-2,21-23,27,32H2,3-18H3,(H,55,59)/b25-24+,29-26+,31-30+,38-35+,39-33-,40-34-,42-28+/t41-,43-,44-,46+,47+,48-,50+,51-/m0/s1. The maximum Gasteiger partial charge on any atom is 0.407 e. The zero-order chi connectivity index (χ0) is 49.5. The lowest BCUT2D eigenvalue weighted by Crippen LogP contribution is -2.46. The Morgan fingerprint density at radius 1 is 0.954 bits per heavy atom. The van der Waals surface area contributed by atoms with Crippen LogP contribution in [0, 0.1) is 23.7 Å². The lowest BCUT2D eigenvalue weighted by molar-refractivity contribution is -0.145. The van der Waals surface area contributed by atoms with Crippen molar-refractivity contribution in [1.29, 1.82) is 0 Å². The minimum Gasteiger partial charge on any atom is -0.452 e. The van der Waals surface area contributed by atoms with Gasteiger partial charge in [0.1, 0.15) is 5.01 Å². The van der Waals surface area contributed by atoms with Crippen LogP contribution in [0.15, 0.2) is 114 Å². The summed E-state index contributed by atoms with van der Waals surface area (Å²) in [6.07, 6.45) is 25.2. The van der Waals surface area contributed by atoms with Crippen LogP contribution in [0.3, 0.4) is 0 Å². The summed E-state index contributed by atoms with van der Waals surface area (Å²) in [6.45, 7) is 37.5. The molecule has 0 spiro atoms. The summed E-state index contributed by atoms with van der Waals surface area (Å²) in [5.41, 5.74) is 4.78. The van der Waals surface area contributed by atoms with E-state index >= 15 is 0 Å². The summed E-state index contributed by atoms with van der Waals surface area (Å²) in [6, 6.07) is 0. The molecule has 0 unspecified atom stereocenters. The Kier molecular flexibility index (Phi) is 27.0. The predicted molar refractivity (Wildman–Crippen MR) is 276 cm³/mol. The maximum absolute atomic E-state index is 13.0. The lowest BCUT2D eigenvalue weighted by Gasteiger charge is -2.41. The van der Waals surface area contributed by atoms with Gasteiger partial charge in [-0.15, -0.1) is 24.5 Å². The number of amides is 1. The Morgan fingerprint density at radius 3 is 2.22 bits per heavy atom. The number of hydrogen-bond acceptors (Lipinski definition) is 9. The number of allylic oxidation sites excluding steroid dienone is 10. The first-order chi connectivity index (χ1) is 30.4. The first-order valence-electron chi connectivity index (χ1n) is 23.3. The Balaban J connectivity index is 3.12. The van der Waals surface area contributed by atoms with Crippen molar-refractivity contribution in [2.24, 2.45) is 23.7 Å². The van der Waals surface area contributed by atoms with Crippen molar-refractivity contribution in [2.45, 2.75) is 164 Å². The second-order valence-corrected chi connectivity index (χ2v) is 25.0. The molecule has 9 nitrogen and oxygen atoms in total. The number of nitrogens with zero attached hydrogens (tertiary/aromatic N) is 1. The first-order valence-corrected chi connectivity index (χ1v) is 27.1. The molecule has 0 aromatic carbocycles. The number of aliphatic hydroxyl groups is 1. The van der Waals surface area contributed by atoms with E-state index in [4.69, 9.17) is 23.6 Å². The zero-order valence-electron chi connectivity index (χ0n) is 42.9. The van der Waals surface area contributed by atoms with Gasteiger partial charge in [0.2, 0.25) is 0 Å². The van der Waals surface area contributed by atoms with Crippen LogP contribution in [-0.4, -0.2) is 62.9 Å². The molecule has 8 atom stereocenters. The molecule has 0 saturated carbocycles. The molecule has 0 saturated heterocycles. The number of methoxy groups -OCH3 is 1. The van der Waals surface area contributed by atoms with Crippen LogP contribution >= 0.6 is 11.3 Å². The molecule has 11 heteroatoms. The number of ether oxygens (including phenoxy) is 3. The molecule has 0 radical (unpaired) electrons. The van der Waals surface area contributed by atoms with E-state index in [1.54, 1.807) is 19.3 Å². The number of rotatable bonds is 28. The van der Waals surface area contributed by atoms with E-state index in [1.807, 2.05) is 45.2 Å². The average Bonchev–Trinajstić information content (AvgIpc) is 3.71. The molecule has 0 aliphatic heterocycles. The van der Waals surface area contributed by atoms with Gasteiger partial charge in [0, 0.05) is 43.4 Å². The second kappa shape index (κ2) is 29.7. The quantitative estimate of drug-likeness (QED) is 0.0213. The van der Waals surface area contributed by atoms with Gasteiger partial charge in [-0.25, -0.2) is 14.6 Å². The van der Waals surface area contributed by atoms with Crippen LogP contribution in [0.1, 0.15) is 138 Å². The summed E-state index contributed by atoms with van der Waals surface area (Å²) in [5, 5.41) is 16.2. The van der Waals surface area contributed by atoms with Gasteiger partial charge < -0.3 is 29.1 Å². The number of carbonyl (C=O) groups is 2. The van der Waals surface area contributed by atoms with Gasteiger partial charge in [-0.05, 0) is 89.4 Å². The molecule has 1 aromatic rings. The van der Waals surface area contributed by atoms with Crippen LogP contribution in [-0.2, 0) is 23.4 Å². The SMILES string of the molecule is C=CCCC/C=C/C=C(\C)[C@@H](OC)[C@@H](C)[C@@H](/C=C/C(C)=C\C(C)=C/[C@H](C)[C@H](O)/C=C(\C)C/C=C/C(=O)O[C@H](c1csc([C@H](CC(C)C)OC(=O)NC)n1)[C@@H](C)C=C)O[Si](C)(C)C(C)(C)C. The zero-order valence-corrected chi connectivity index (χ0v) is 44.7. The normalized spacial score (nSPS) is 17.5. The molecule has 0 aliphatic rings. The monoisotopic (exact) mass is 935 g/mol. The van der Waals surface area contributed by atoms with E-state index in [0.717, 1.165) is 41.6 Å². The molecule has 0 aliphatic carbocycles. The topological polar surface area (TPSA) is 116 Å². The van der Waals surface area contributed by atoms with Crippen molar-refractivity contribution >= 4 is 31.7 Å². The van der Waals surface area contributed by atoms with E-state index in [9.17, 15) is 14.7 Å². The van der Waals surface area contributed by atoms with Gasteiger partial charge in [-0.2, -0.15) is 0 Å². The fraction of sp³-hybridized carbons (Fsp3) is 0.574. The van der Waals surface area contributed by atoms with Crippen molar-refractivity contribution in [1.82, 2.24) is 10.3 Å². The fourth-order valence-corrected chi connectivity index (χ4v) is 9.01. The minimum absolute atomic E-state index is 0.0450. The molecule has 1 aromatic heterocycles. The smallest absolute Gasteiger partial charge is 0.407 e. The third-order valence-corrected chi connectivity index (χ3v) is 17.2. The summed E-state index contributed by atoms with van der Waals surface area (Å²) < 4.78 is 24.7. The molecule has 65 heavy (non-hydrogen) atoms. The number of hydrogen-bond donors (Lipinski definition) is 2. The number of esters is 1. The Bertz CT molecular complexity index is 1860. The summed E-state index contributed by atoms with van der Waals surface area (Å²) >= 11 is 1.37. The lowest BCUT2D eigenvalue weighted by atomic mass is 9.92. The van der Waals surface area contributed by atoms with Crippen LogP contribution < -0.4 is 5.32 Å². The highest BCUT2D eigenvalue weighted by Gasteiger charge is 2.41. The number of thiazole rings is 1. The largest absolute Gasteiger partial charge is 0.452 e. The Morgan fingerprint density at radius 2 is 1.63 bits per heavy atom. The number of aromatic nitrogens is 1. The van der Waals surface area contributed by atoms with Crippen molar-refractivity contribution in [3.05, 3.63) is 124 Å². The summed E-state index contributed by atoms with van der Waals surface area (Å²) in [5.74, 6) is -0.543. The molecule has 0 bridgehead atoms. The highest BCUT2D eigenvalue weighted by molar-refractivity contribution is 7.09. The molecule has 1 heterocycles. The number of nitrogens with one attached hydrogen (secondary N) is 1. The van der Waals surface area contributed by atoms with Crippen LogP contribution in [0.2, 0.25) is 18.1 Å². The van der Waals surface area contributed by atoms with Gasteiger partial charge in [-0.3, -0.25) is 0 Å². The van der Waals surface area contributed by atoms with Gasteiger partial charge >= 0.3 is 12.1 Å². The predicted octanol–water partition coefficient (Wildman–Crippen LogP) is 14.2. The van der Waals surface area contributed by atoms with E-state index < -0.39 is 38.7 Å². The molecule has 364 valence electrons. The van der Waals surface area contributed by atoms with Crippen molar-refractivity contribution in [3.8, 4) is 0 Å². The Hall–Kier alpha value is -3.87. The molecule has 1 amide bonds. The van der Waals surface area contributed by atoms with Gasteiger partial charge in [0.25, 0.3) is 0 Å². The first kappa shape index (κ1) is 59.1. The summed E-state index contributed by atoms with van der Waals surface area (Å²) in [7, 11) is 1.17. The van der Waals surface area contributed by atoms with Gasteiger partial charge in [0.15, 0.2) is 20.5 Å². The maximum atomic E-state index is 13.0. The van der Waals surface area contributed by atoms with Crippen molar-refractivity contribution < 1.29 is 33.3 Å². The molecule has 0 fully saturated rings. The minimum atomic E-state index is -2.13. The molecule has 1 rings (SSSR count). The average molecular weight is 935 g/mol. The van der Waals surface area contributed by atoms with Crippen molar-refractivity contribution in [2.75, 3.05) is 14.2 Å². The molecular weight excluding hydrogens is 849 g/mol. The number of aliphatic hydroxyl groups excluding tert-OH is 1. The highest BCUT2D eigenvalue weighted by Crippen LogP contribution is 2.39. The van der Waals surface area contributed by atoms with Crippen LogP contribution in [0.25, 0.3) is 0 Å². The van der Waals surface area contributed by atoms with Crippen molar-refractivity contribution in [3.63, 3.8) is 0 Å². The summed E-state index contributed by atoms with van der Waals surface area (Å²) in [4.78, 5) is 29.8. The third kappa shape index (κ3) is 22.0. The highest BCUT2D eigenvalue weighted by atomic mass is 32.1. The van der Waals surface area contributed by atoms with Crippen LogP contribution in [0.4, 0.5) is 4.79 Å². The Labute approximate surface area is 399 Å². The van der Waals surface area contributed by atoms with E-state index in [1.165, 1.54) is 24.5 Å². The van der Waals surface area contributed by atoms with Gasteiger partial charge in [0.05, 0.1) is 24.0 Å². The second-order valence-electron chi connectivity index (χ2n) is 19.4. The number of carbonyl (C=O) groups excluding carboxylic acids is 2. The van der Waals surface area contributed by atoms with Crippen LogP contribution in [0.5, 0.6) is 0 Å². The third-order valence-electron chi connectivity index (χ3n) is 11.8. The van der Waals surface area contributed by atoms with Gasteiger partial charge in [-0.1, -0.05) is 139 Å². The fourth-order valence-electron chi connectivity index (χ4n) is 6.80.